The molecule has 0 saturated carbocycles. The zero-order chi connectivity index (χ0) is 18.4. The number of aliphatic carboxylic acids is 1. The summed E-state index contributed by atoms with van der Waals surface area (Å²) in [5, 5.41) is 8.46. The Kier molecular flexibility index (Phi) is 19.5. The van der Waals surface area contributed by atoms with Crippen molar-refractivity contribution in [1.29, 1.82) is 0 Å². The van der Waals surface area contributed by atoms with Gasteiger partial charge in [-0.15, -0.1) is 0 Å². The van der Waals surface area contributed by atoms with Gasteiger partial charge >= 0.3 is 5.97 Å². The molecule has 0 aromatic heterocycles. The Morgan fingerprint density at radius 3 is 1.48 bits per heavy atom. The van der Waals surface area contributed by atoms with E-state index in [0.29, 0.717) is 6.42 Å². The van der Waals surface area contributed by atoms with Gasteiger partial charge < -0.3 is 5.11 Å². The number of hydrogen-bond donors (Lipinski definition) is 1. The molecule has 1 N–H and O–H groups in total. The third kappa shape index (κ3) is 22.6. The van der Waals surface area contributed by atoms with Gasteiger partial charge in [-0.2, -0.15) is 0 Å². The largest absolute Gasteiger partial charge is 0.481 e. The molecule has 0 aliphatic carbocycles. The lowest BCUT2D eigenvalue weighted by molar-refractivity contribution is -0.136. The summed E-state index contributed by atoms with van der Waals surface area (Å²) in [6.07, 6.45) is 20.6. The third-order valence-corrected chi connectivity index (χ3v) is 4.36. The minimum atomic E-state index is -0.801. The maximum atomic E-state index is 10.3. The lowest BCUT2D eigenvalue weighted by atomic mass is 10.0. The molecule has 0 bridgehead atoms. The van der Waals surface area contributed by atoms with Gasteiger partial charge in [0.15, 0.2) is 0 Å². The highest BCUT2D eigenvalue weighted by Crippen LogP contribution is 2.13. The molecule has 142 valence electrons. The van der Waals surface area contributed by atoms with Crippen molar-refractivity contribution in [2.75, 3.05) is 0 Å². The normalized spacial score (nSPS) is 9.80. The summed E-state index contributed by atoms with van der Waals surface area (Å²) in [6.45, 7) is 2.27. The molecule has 0 saturated heterocycles. The zero-order valence-corrected chi connectivity index (χ0v) is 16.4. The van der Waals surface area contributed by atoms with E-state index < -0.39 is 5.97 Å². The van der Waals surface area contributed by atoms with Gasteiger partial charge in [-0.1, -0.05) is 102 Å². The van der Waals surface area contributed by atoms with E-state index in [9.17, 15) is 4.79 Å². The van der Waals surface area contributed by atoms with E-state index in [2.05, 4.69) is 30.6 Å². The molecule has 0 atom stereocenters. The Hall–Kier alpha value is -1.41. The Morgan fingerprint density at radius 1 is 0.640 bits per heavy atom. The first-order valence-corrected chi connectivity index (χ1v) is 10.4. The van der Waals surface area contributed by atoms with Crippen molar-refractivity contribution in [2.45, 2.75) is 116 Å². The first kappa shape index (κ1) is 23.6. The molecule has 0 heterocycles. The minimum Gasteiger partial charge on any atom is -0.481 e. The molecule has 0 fully saturated rings. The maximum absolute atomic E-state index is 10.3. The van der Waals surface area contributed by atoms with E-state index in [4.69, 9.17) is 5.11 Å². The number of carboxylic acids is 1. The summed E-state index contributed by atoms with van der Waals surface area (Å²) >= 11 is 0. The number of rotatable bonds is 16. The van der Waals surface area contributed by atoms with Gasteiger partial charge in [0.2, 0.25) is 0 Å². The van der Waals surface area contributed by atoms with Gasteiger partial charge in [0.1, 0.15) is 0 Å². The molecule has 0 rings (SSSR count). The van der Waals surface area contributed by atoms with Crippen molar-refractivity contribution in [3.63, 3.8) is 0 Å². The second-order valence-corrected chi connectivity index (χ2v) is 6.84. The van der Waals surface area contributed by atoms with Crippen LogP contribution in [-0.2, 0) is 4.79 Å². The second kappa shape index (κ2) is 20.6. The highest BCUT2D eigenvalue weighted by Gasteiger charge is 1.93. The third-order valence-electron chi connectivity index (χ3n) is 4.36. The number of hydrogen-bond acceptors (Lipinski definition) is 1. The fraction of sp³-hybridized carbons (Fsp3) is 0.783. The van der Waals surface area contributed by atoms with Crippen LogP contribution in [-0.4, -0.2) is 11.1 Å². The van der Waals surface area contributed by atoms with Crippen molar-refractivity contribution >= 4 is 5.97 Å². The van der Waals surface area contributed by atoms with Crippen LogP contribution in [0.15, 0.2) is 0 Å². The lowest BCUT2D eigenvalue weighted by Crippen LogP contribution is -1.91. The molecule has 0 aliphatic rings. The molecule has 0 amide bonds. The van der Waals surface area contributed by atoms with Crippen molar-refractivity contribution in [2.24, 2.45) is 0 Å². The van der Waals surface area contributed by atoms with Gasteiger partial charge in [-0.3, -0.25) is 4.79 Å². The first-order valence-electron chi connectivity index (χ1n) is 10.4. The number of unbranched alkanes of at least 4 members (excludes halogenated alkanes) is 14. The van der Waals surface area contributed by atoms with E-state index in [-0.39, 0.29) is 6.42 Å². The van der Waals surface area contributed by atoms with Crippen molar-refractivity contribution in [3.05, 3.63) is 0 Å². The van der Waals surface area contributed by atoms with Crippen LogP contribution in [0.25, 0.3) is 0 Å². The Labute approximate surface area is 156 Å². The quantitative estimate of drug-likeness (QED) is 0.248. The highest BCUT2D eigenvalue weighted by atomic mass is 16.4. The predicted octanol–water partition coefficient (Wildman–Crippen LogP) is 6.73. The van der Waals surface area contributed by atoms with E-state index >= 15 is 0 Å². The molecule has 0 aliphatic heterocycles. The molecule has 2 heteroatoms. The Balaban J connectivity index is 3.18. The number of carboxylic acid groups (broad SMARTS) is 1. The summed E-state index contributed by atoms with van der Waals surface area (Å²) in [5.74, 6) is 10.5. The predicted molar refractivity (Wildman–Crippen MR) is 107 cm³/mol. The summed E-state index contributed by atoms with van der Waals surface area (Å²) in [6, 6.07) is 0. The summed E-state index contributed by atoms with van der Waals surface area (Å²) in [4.78, 5) is 10.3. The van der Waals surface area contributed by atoms with Crippen molar-refractivity contribution in [1.82, 2.24) is 0 Å². The lowest BCUT2D eigenvalue weighted by Gasteiger charge is -2.02. The average Bonchev–Trinajstić information content (AvgIpc) is 2.60. The molecule has 0 aromatic rings. The smallest absolute Gasteiger partial charge is 0.304 e. The van der Waals surface area contributed by atoms with E-state index in [0.717, 1.165) is 12.8 Å². The van der Waals surface area contributed by atoms with Crippen LogP contribution in [0.3, 0.4) is 0 Å². The molecule has 25 heavy (non-hydrogen) atoms. The van der Waals surface area contributed by atoms with Gasteiger partial charge in [-0.05, 0) is 18.3 Å². The summed E-state index contributed by atoms with van der Waals surface area (Å²) in [5.41, 5.74) is 0. The zero-order valence-electron chi connectivity index (χ0n) is 16.4. The van der Waals surface area contributed by atoms with Crippen LogP contribution >= 0.6 is 0 Å². The SMILES string of the molecule is CCCCCCCCCCCCCCCCC#CC#CCCC(=O)O. The van der Waals surface area contributed by atoms with E-state index in [1.807, 2.05) is 0 Å². The van der Waals surface area contributed by atoms with Crippen molar-refractivity contribution in [3.8, 4) is 23.7 Å². The van der Waals surface area contributed by atoms with Gasteiger partial charge in [0.25, 0.3) is 0 Å². The molecule has 0 unspecified atom stereocenters. The molecular formula is C23H38O2. The molecule has 2 nitrogen and oxygen atoms in total. The second-order valence-electron chi connectivity index (χ2n) is 6.84. The first-order chi connectivity index (χ1) is 12.3. The highest BCUT2D eigenvalue weighted by molar-refractivity contribution is 5.67. The molecule has 0 aromatic carbocycles. The number of carbonyl (C=O) groups is 1. The van der Waals surface area contributed by atoms with E-state index in [1.165, 1.54) is 83.5 Å². The Bertz CT molecular complexity index is 417. The fourth-order valence-corrected chi connectivity index (χ4v) is 2.79. The molecular weight excluding hydrogens is 308 g/mol. The topological polar surface area (TPSA) is 37.3 Å². The van der Waals surface area contributed by atoms with Crippen LogP contribution in [0.5, 0.6) is 0 Å². The van der Waals surface area contributed by atoms with Crippen LogP contribution in [0, 0.1) is 23.7 Å². The van der Waals surface area contributed by atoms with Crippen LogP contribution in [0.2, 0.25) is 0 Å². The minimum absolute atomic E-state index is 0.105. The average molecular weight is 347 g/mol. The van der Waals surface area contributed by atoms with Crippen LogP contribution < -0.4 is 0 Å². The van der Waals surface area contributed by atoms with Gasteiger partial charge in [0.05, 0.1) is 6.42 Å². The van der Waals surface area contributed by atoms with Crippen molar-refractivity contribution < 1.29 is 9.90 Å². The Morgan fingerprint density at radius 2 is 1.04 bits per heavy atom. The fourth-order valence-electron chi connectivity index (χ4n) is 2.79. The standard InChI is InChI=1S/C23H38O2/c1-2-3-4-5-6-7-8-9-10-11-12-13-14-15-16-17-18-19-20-21-22-23(24)25/h2-16,21-22H2,1H3,(H,24,25). The van der Waals surface area contributed by atoms with Crippen LogP contribution in [0.4, 0.5) is 0 Å². The molecule has 0 radical (unpaired) electrons. The maximum Gasteiger partial charge on any atom is 0.304 e. The van der Waals surface area contributed by atoms with E-state index in [1.54, 1.807) is 0 Å². The summed E-state index contributed by atoms with van der Waals surface area (Å²) < 4.78 is 0. The monoisotopic (exact) mass is 346 g/mol. The van der Waals surface area contributed by atoms with Crippen LogP contribution in [0.1, 0.15) is 116 Å². The van der Waals surface area contributed by atoms with Gasteiger partial charge in [-0.25, -0.2) is 0 Å². The molecule has 0 spiro atoms. The summed E-state index contributed by atoms with van der Waals surface area (Å²) in [7, 11) is 0. The van der Waals surface area contributed by atoms with Gasteiger partial charge in [0, 0.05) is 12.8 Å².